The average molecular weight is 248 g/mol. The monoisotopic (exact) mass is 248 g/mol. The van der Waals surface area contributed by atoms with Gasteiger partial charge < -0.3 is 9.73 Å². The molecule has 98 valence electrons. The standard InChI is InChI=1S/C14H20N2O2/c1-9(2)11(8-15-3)6-10-4-5-13-12(7-10)16-14(17)18-13/h4-5,7,9,11,15H,6,8H2,1-3H3,(H,16,17). The second-order valence-corrected chi connectivity index (χ2v) is 5.11. The van der Waals surface area contributed by atoms with E-state index >= 15 is 0 Å². The van der Waals surface area contributed by atoms with Gasteiger partial charge in [0.2, 0.25) is 0 Å². The van der Waals surface area contributed by atoms with Crippen molar-refractivity contribution in [3.8, 4) is 0 Å². The summed E-state index contributed by atoms with van der Waals surface area (Å²) in [6.45, 7) is 5.47. The van der Waals surface area contributed by atoms with Crippen LogP contribution in [0.1, 0.15) is 19.4 Å². The van der Waals surface area contributed by atoms with E-state index in [2.05, 4.69) is 24.1 Å². The van der Waals surface area contributed by atoms with Crippen molar-refractivity contribution in [3.63, 3.8) is 0 Å². The summed E-state index contributed by atoms with van der Waals surface area (Å²) in [4.78, 5) is 13.8. The Morgan fingerprint density at radius 2 is 2.17 bits per heavy atom. The van der Waals surface area contributed by atoms with Gasteiger partial charge in [0.15, 0.2) is 5.58 Å². The SMILES string of the molecule is CNCC(Cc1ccc2oc(=O)[nH]c2c1)C(C)C. The van der Waals surface area contributed by atoms with Crippen molar-refractivity contribution in [2.45, 2.75) is 20.3 Å². The van der Waals surface area contributed by atoms with Crippen LogP contribution in [0.5, 0.6) is 0 Å². The lowest BCUT2D eigenvalue weighted by molar-refractivity contribution is 0.370. The van der Waals surface area contributed by atoms with Gasteiger partial charge in [-0.25, -0.2) is 4.79 Å². The Balaban J connectivity index is 2.22. The van der Waals surface area contributed by atoms with E-state index in [0.717, 1.165) is 18.5 Å². The van der Waals surface area contributed by atoms with Crippen molar-refractivity contribution >= 4 is 11.1 Å². The van der Waals surface area contributed by atoms with Crippen molar-refractivity contribution in [2.24, 2.45) is 11.8 Å². The van der Waals surface area contributed by atoms with Gasteiger partial charge in [0, 0.05) is 0 Å². The molecular formula is C14H20N2O2. The zero-order valence-electron chi connectivity index (χ0n) is 11.1. The number of aromatic amines is 1. The Morgan fingerprint density at radius 1 is 1.39 bits per heavy atom. The molecule has 2 rings (SSSR count). The van der Waals surface area contributed by atoms with E-state index in [1.165, 1.54) is 5.56 Å². The van der Waals surface area contributed by atoms with Crippen LogP contribution in [-0.2, 0) is 6.42 Å². The molecule has 0 bridgehead atoms. The van der Waals surface area contributed by atoms with E-state index in [1.54, 1.807) is 0 Å². The van der Waals surface area contributed by atoms with Crippen molar-refractivity contribution in [1.82, 2.24) is 10.3 Å². The molecule has 1 unspecified atom stereocenters. The second kappa shape index (κ2) is 5.40. The van der Waals surface area contributed by atoms with E-state index in [9.17, 15) is 4.79 Å². The summed E-state index contributed by atoms with van der Waals surface area (Å²) in [5.74, 6) is 0.820. The van der Waals surface area contributed by atoms with Gasteiger partial charge in [0.1, 0.15) is 0 Å². The number of hydrogen-bond acceptors (Lipinski definition) is 3. The molecule has 4 nitrogen and oxygen atoms in total. The van der Waals surface area contributed by atoms with Crippen molar-refractivity contribution in [3.05, 3.63) is 34.3 Å². The summed E-state index contributed by atoms with van der Waals surface area (Å²) < 4.78 is 5.00. The molecule has 1 atom stereocenters. The fourth-order valence-electron chi connectivity index (χ4n) is 2.23. The molecule has 2 aromatic rings. The quantitative estimate of drug-likeness (QED) is 0.852. The van der Waals surface area contributed by atoms with Gasteiger partial charge in [-0.2, -0.15) is 0 Å². The van der Waals surface area contributed by atoms with Crippen molar-refractivity contribution < 1.29 is 4.42 Å². The molecule has 0 saturated heterocycles. The van der Waals surface area contributed by atoms with Gasteiger partial charge >= 0.3 is 5.76 Å². The summed E-state index contributed by atoms with van der Waals surface area (Å²) in [5.41, 5.74) is 2.64. The van der Waals surface area contributed by atoms with Crippen LogP contribution in [0, 0.1) is 11.8 Å². The fraction of sp³-hybridized carbons (Fsp3) is 0.500. The van der Waals surface area contributed by atoms with Crippen LogP contribution < -0.4 is 11.1 Å². The number of fused-ring (bicyclic) bond motifs is 1. The molecule has 0 aliphatic rings. The van der Waals surface area contributed by atoms with Gasteiger partial charge in [-0.05, 0) is 49.5 Å². The minimum Gasteiger partial charge on any atom is -0.408 e. The number of oxazole rings is 1. The summed E-state index contributed by atoms with van der Waals surface area (Å²) in [6.07, 6.45) is 1.00. The molecule has 0 amide bonds. The van der Waals surface area contributed by atoms with E-state index < -0.39 is 5.76 Å². The highest BCUT2D eigenvalue weighted by Gasteiger charge is 2.13. The lowest BCUT2D eigenvalue weighted by Crippen LogP contribution is -2.25. The Morgan fingerprint density at radius 3 is 2.83 bits per heavy atom. The Labute approximate surface area is 106 Å². The highest BCUT2D eigenvalue weighted by molar-refractivity contribution is 5.72. The number of nitrogens with one attached hydrogen (secondary N) is 2. The summed E-state index contributed by atoms with van der Waals surface area (Å²) in [7, 11) is 1.98. The first kappa shape index (κ1) is 12.9. The summed E-state index contributed by atoms with van der Waals surface area (Å²) in [5, 5.41) is 3.23. The van der Waals surface area contributed by atoms with Gasteiger partial charge in [0.05, 0.1) is 5.52 Å². The van der Waals surface area contributed by atoms with E-state index in [-0.39, 0.29) is 0 Å². The van der Waals surface area contributed by atoms with Crippen molar-refractivity contribution in [1.29, 1.82) is 0 Å². The minimum atomic E-state index is -0.391. The second-order valence-electron chi connectivity index (χ2n) is 5.11. The van der Waals surface area contributed by atoms with Gasteiger partial charge in [-0.3, -0.25) is 4.98 Å². The zero-order valence-corrected chi connectivity index (χ0v) is 11.1. The lowest BCUT2D eigenvalue weighted by atomic mass is 9.89. The number of aromatic nitrogens is 1. The third-order valence-electron chi connectivity index (χ3n) is 3.39. The first-order valence-corrected chi connectivity index (χ1v) is 6.36. The number of benzene rings is 1. The van der Waals surface area contributed by atoms with Crippen LogP contribution in [0.4, 0.5) is 0 Å². The molecule has 1 aromatic heterocycles. The largest absolute Gasteiger partial charge is 0.417 e. The Bertz CT molecular complexity index is 568. The predicted octanol–water partition coefficient (Wildman–Crippen LogP) is 2.16. The third-order valence-corrected chi connectivity index (χ3v) is 3.39. The van der Waals surface area contributed by atoms with Crippen LogP contribution in [0.15, 0.2) is 27.4 Å². The maximum absolute atomic E-state index is 11.1. The molecule has 1 heterocycles. The smallest absolute Gasteiger partial charge is 0.408 e. The highest BCUT2D eigenvalue weighted by Crippen LogP contribution is 2.19. The maximum Gasteiger partial charge on any atom is 0.417 e. The maximum atomic E-state index is 11.1. The highest BCUT2D eigenvalue weighted by atomic mass is 16.4. The molecule has 0 radical (unpaired) electrons. The molecule has 0 aliphatic carbocycles. The summed E-state index contributed by atoms with van der Waals surface area (Å²) in [6, 6.07) is 5.90. The molecule has 18 heavy (non-hydrogen) atoms. The first-order valence-electron chi connectivity index (χ1n) is 6.36. The van der Waals surface area contributed by atoms with Crippen molar-refractivity contribution in [2.75, 3.05) is 13.6 Å². The number of hydrogen-bond donors (Lipinski definition) is 2. The summed E-state index contributed by atoms with van der Waals surface area (Å²) >= 11 is 0. The van der Waals surface area contributed by atoms with Crippen LogP contribution in [0.25, 0.3) is 11.1 Å². The van der Waals surface area contributed by atoms with Gasteiger partial charge in [-0.15, -0.1) is 0 Å². The fourth-order valence-corrected chi connectivity index (χ4v) is 2.23. The molecule has 0 spiro atoms. The van der Waals surface area contributed by atoms with Crippen LogP contribution in [-0.4, -0.2) is 18.6 Å². The van der Waals surface area contributed by atoms with E-state index in [1.807, 2.05) is 25.2 Å². The topological polar surface area (TPSA) is 58.0 Å². The van der Waals surface area contributed by atoms with Crippen LogP contribution in [0.3, 0.4) is 0 Å². The first-order chi connectivity index (χ1) is 8.60. The Kier molecular flexibility index (Phi) is 3.87. The molecule has 2 N–H and O–H groups in total. The van der Waals surface area contributed by atoms with Crippen LogP contribution in [0.2, 0.25) is 0 Å². The van der Waals surface area contributed by atoms with E-state index in [0.29, 0.717) is 17.4 Å². The molecule has 1 aromatic carbocycles. The minimum absolute atomic E-state index is 0.391. The third kappa shape index (κ3) is 2.82. The molecule has 0 fully saturated rings. The normalized spacial score (nSPS) is 13.3. The molecule has 0 saturated carbocycles. The van der Waals surface area contributed by atoms with Crippen LogP contribution >= 0.6 is 0 Å². The molecule has 0 aliphatic heterocycles. The zero-order chi connectivity index (χ0) is 13.1. The van der Waals surface area contributed by atoms with Gasteiger partial charge in [-0.1, -0.05) is 19.9 Å². The lowest BCUT2D eigenvalue weighted by Gasteiger charge is -2.20. The predicted molar refractivity (Wildman–Crippen MR) is 72.8 cm³/mol. The number of rotatable bonds is 5. The molecule has 4 heteroatoms. The Hall–Kier alpha value is -1.55. The average Bonchev–Trinajstić information content (AvgIpc) is 2.67. The molecular weight excluding hydrogens is 228 g/mol. The van der Waals surface area contributed by atoms with Gasteiger partial charge in [0.25, 0.3) is 0 Å². The van der Waals surface area contributed by atoms with E-state index in [4.69, 9.17) is 4.42 Å². The number of H-pyrrole nitrogens is 1.